The normalized spacial score (nSPS) is 18.1. The highest BCUT2D eigenvalue weighted by Gasteiger charge is 2.18. The Morgan fingerprint density at radius 2 is 2.04 bits per heavy atom. The third-order valence-corrected chi connectivity index (χ3v) is 4.21. The van der Waals surface area contributed by atoms with Gasteiger partial charge in [-0.25, -0.2) is 4.79 Å². The average Bonchev–Trinajstić information content (AvgIpc) is 3.16. The topological polar surface area (TPSA) is 44.1 Å². The molecule has 0 amide bonds. The Bertz CT molecular complexity index is 1440. The lowest BCUT2D eigenvalue weighted by Gasteiger charge is -2.06. The van der Waals surface area contributed by atoms with Crippen molar-refractivity contribution in [1.29, 1.82) is 0 Å². The lowest BCUT2D eigenvalue weighted by Crippen LogP contribution is -2.08. The number of pyridine rings is 1. The van der Waals surface area contributed by atoms with E-state index in [1.807, 2.05) is 12.1 Å². The number of rotatable bonds is 6. The molecule has 0 saturated carbocycles. The first-order valence-corrected chi connectivity index (χ1v) is 8.31. The van der Waals surface area contributed by atoms with Gasteiger partial charge in [0.1, 0.15) is 5.52 Å². The molecule has 2 heterocycles. The van der Waals surface area contributed by atoms with Gasteiger partial charge >= 0.3 is 5.97 Å². The van der Waals surface area contributed by atoms with Gasteiger partial charge in [-0.15, -0.1) is 0 Å². The minimum absolute atomic E-state index is 0.0775. The second kappa shape index (κ2) is 7.62. The van der Waals surface area contributed by atoms with Gasteiger partial charge in [0, 0.05) is 47.6 Å². The molecular weight excluding hydrogens is 336 g/mol. The molecule has 4 rings (SSSR count). The summed E-state index contributed by atoms with van der Waals surface area (Å²) < 4.78 is 77.5. The fourth-order valence-electron chi connectivity index (χ4n) is 3.02. The predicted octanol–water partition coefficient (Wildman–Crippen LogP) is 5.60. The number of hydrogen-bond acceptors (Lipinski definition) is 3. The van der Waals surface area contributed by atoms with Gasteiger partial charge in [-0.1, -0.05) is 56.0 Å². The number of para-hydroxylation sites is 2. The van der Waals surface area contributed by atoms with E-state index < -0.39 is 38.5 Å². The third-order valence-electron chi connectivity index (χ3n) is 4.21. The van der Waals surface area contributed by atoms with E-state index in [9.17, 15) is 4.79 Å². The monoisotopic (exact) mass is 367 g/mol. The zero-order valence-electron chi connectivity index (χ0n) is 23.3. The van der Waals surface area contributed by atoms with E-state index in [0.717, 1.165) is 5.39 Å². The molecule has 136 valence electrons. The van der Waals surface area contributed by atoms with Crippen molar-refractivity contribution in [3.8, 4) is 5.75 Å². The van der Waals surface area contributed by atoms with Crippen molar-refractivity contribution in [2.24, 2.45) is 0 Å². The summed E-state index contributed by atoms with van der Waals surface area (Å²) in [5.74, 6) is -0.517. The fourth-order valence-corrected chi connectivity index (χ4v) is 3.02. The molecule has 0 aliphatic rings. The average molecular weight is 367 g/mol. The van der Waals surface area contributed by atoms with Crippen LogP contribution in [0, 0.1) is 0 Å². The Labute approximate surface area is 171 Å². The van der Waals surface area contributed by atoms with Gasteiger partial charge in [-0.05, 0) is 24.6 Å². The van der Waals surface area contributed by atoms with Crippen LogP contribution in [0.15, 0.2) is 67.0 Å². The first-order valence-electron chi connectivity index (χ1n) is 12.8. The van der Waals surface area contributed by atoms with Crippen LogP contribution >= 0.6 is 0 Å². The number of esters is 1. The third kappa shape index (κ3) is 3.43. The number of carbonyl (C=O) groups excluding carboxylic acids is 1. The number of benzene rings is 2. The highest BCUT2D eigenvalue weighted by atomic mass is 16.5. The van der Waals surface area contributed by atoms with Crippen LogP contribution in [-0.4, -0.2) is 15.5 Å². The van der Waals surface area contributed by atoms with Crippen LogP contribution in [0.3, 0.4) is 0 Å². The molecule has 4 nitrogen and oxygen atoms in total. The molecule has 0 spiro atoms. The van der Waals surface area contributed by atoms with E-state index in [2.05, 4.69) is 4.98 Å². The Morgan fingerprint density at radius 1 is 1.15 bits per heavy atom. The van der Waals surface area contributed by atoms with E-state index in [1.54, 1.807) is 48.7 Å². The molecule has 4 heteroatoms. The lowest BCUT2D eigenvalue weighted by molar-refractivity contribution is 0.0738. The summed E-state index contributed by atoms with van der Waals surface area (Å²) >= 11 is 0. The second-order valence-corrected chi connectivity index (χ2v) is 5.84. The Balaban J connectivity index is 1.72. The van der Waals surface area contributed by atoms with Gasteiger partial charge in [-0.3, -0.25) is 4.98 Å². The lowest BCUT2D eigenvalue weighted by atomic mass is 10.2. The molecule has 0 fully saturated rings. The summed E-state index contributed by atoms with van der Waals surface area (Å²) in [6.07, 6.45) is -6.97. The van der Waals surface area contributed by atoms with E-state index in [0.29, 0.717) is 16.4 Å². The highest BCUT2D eigenvalue weighted by Crippen LogP contribution is 2.27. The summed E-state index contributed by atoms with van der Waals surface area (Å²) in [5, 5.41) is 1.18. The number of aromatic nitrogens is 2. The van der Waals surface area contributed by atoms with Crippen molar-refractivity contribution in [1.82, 2.24) is 9.55 Å². The molecule has 4 aromatic rings. The number of fused-ring (bicyclic) bond motifs is 2. The van der Waals surface area contributed by atoms with Crippen LogP contribution in [-0.2, 0) is 6.54 Å². The van der Waals surface area contributed by atoms with Gasteiger partial charge in [0.15, 0.2) is 5.75 Å². The standard InChI is InChI=1S/C23H22N2O2/c1-2-3-6-15-25-16-19(18-11-4-5-12-20(18)25)23(26)27-21-13-7-9-17-10-8-14-24-22(17)21/h4-5,7-14,16H,2-3,6,15H2,1H3/i1D3,2D2,3D2,6D2. The molecule has 0 aliphatic heterocycles. The molecule has 0 saturated heterocycles. The number of aryl methyl sites for hydroxylation is 1. The van der Waals surface area contributed by atoms with Crippen LogP contribution in [0.25, 0.3) is 21.8 Å². The fraction of sp³-hybridized carbons (Fsp3) is 0.217. The Kier molecular flexibility index (Phi) is 2.74. The van der Waals surface area contributed by atoms with E-state index in [1.165, 1.54) is 10.8 Å². The molecule has 0 radical (unpaired) electrons. The molecule has 27 heavy (non-hydrogen) atoms. The van der Waals surface area contributed by atoms with Crippen molar-refractivity contribution in [3.63, 3.8) is 0 Å². The number of carbonyl (C=O) groups is 1. The number of nitrogens with zero attached hydrogens (tertiary/aromatic N) is 2. The summed E-state index contributed by atoms with van der Waals surface area (Å²) in [6.45, 7) is -4.15. The molecule has 0 bridgehead atoms. The van der Waals surface area contributed by atoms with Crippen molar-refractivity contribution in [2.45, 2.75) is 32.5 Å². The first kappa shape index (κ1) is 9.70. The maximum Gasteiger partial charge on any atom is 0.345 e. The molecule has 0 atom stereocenters. The Hall–Kier alpha value is -3.14. The van der Waals surface area contributed by atoms with E-state index >= 15 is 0 Å². The molecule has 2 aromatic carbocycles. The largest absolute Gasteiger partial charge is 0.421 e. The van der Waals surface area contributed by atoms with Crippen LogP contribution in [0.4, 0.5) is 0 Å². The van der Waals surface area contributed by atoms with Crippen molar-refractivity contribution >= 4 is 27.8 Å². The maximum atomic E-state index is 13.2. The van der Waals surface area contributed by atoms with Crippen LogP contribution < -0.4 is 4.74 Å². The van der Waals surface area contributed by atoms with Gasteiger partial charge in [0.2, 0.25) is 0 Å². The van der Waals surface area contributed by atoms with E-state index in [-0.39, 0.29) is 11.3 Å². The van der Waals surface area contributed by atoms with Crippen LogP contribution in [0.2, 0.25) is 0 Å². The van der Waals surface area contributed by atoms with Gasteiger partial charge < -0.3 is 9.30 Å². The molecule has 0 N–H and O–H groups in total. The zero-order valence-corrected chi connectivity index (χ0v) is 14.3. The van der Waals surface area contributed by atoms with Gasteiger partial charge in [0.25, 0.3) is 0 Å². The van der Waals surface area contributed by atoms with Gasteiger partial charge in [-0.2, -0.15) is 0 Å². The van der Waals surface area contributed by atoms with Crippen molar-refractivity contribution in [3.05, 3.63) is 72.6 Å². The zero-order chi connectivity index (χ0) is 26.5. The predicted molar refractivity (Wildman–Crippen MR) is 108 cm³/mol. The first-order chi connectivity index (χ1) is 16.7. The highest BCUT2D eigenvalue weighted by molar-refractivity contribution is 6.05. The van der Waals surface area contributed by atoms with Crippen molar-refractivity contribution < 1.29 is 21.9 Å². The summed E-state index contributed by atoms with van der Waals surface area (Å²) in [5.41, 5.74) is 0.928. The van der Waals surface area contributed by atoms with Crippen LogP contribution in [0.5, 0.6) is 5.75 Å². The molecular formula is C23H22N2O2. The van der Waals surface area contributed by atoms with Crippen LogP contribution in [0.1, 0.15) is 48.7 Å². The minimum Gasteiger partial charge on any atom is -0.421 e. The summed E-state index contributed by atoms with van der Waals surface area (Å²) in [6, 6.07) is 15.2. The molecule has 2 aromatic heterocycles. The van der Waals surface area contributed by atoms with Gasteiger partial charge in [0.05, 0.1) is 5.56 Å². The number of ether oxygens (including phenoxy) is 1. The Morgan fingerprint density at radius 3 is 2.96 bits per heavy atom. The summed E-state index contributed by atoms with van der Waals surface area (Å²) in [7, 11) is 0. The second-order valence-electron chi connectivity index (χ2n) is 5.84. The minimum atomic E-state index is -3.48. The summed E-state index contributed by atoms with van der Waals surface area (Å²) in [4.78, 5) is 17.4. The van der Waals surface area contributed by atoms with Crippen molar-refractivity contribution in [2.75, 3.05) is 0 Å². The SMILES string of the molecule is [2H]C([2H])([2H])C([2H])([2H])C([2H])([2H])C([2H])([2H])Cn1cc(C(=O)Oc2cccc3cccnc23)c2ccccc21. The van der Waals surface area contributed by atoms with E-state index in [4.69, 9.17) is 17.1 Å². The molecule has 0 aliphatic carbocycles. The number of hydrogen-bond donors (Lipinski definition) is 0. The maximum absolute atomic E-state index is 13.2. The smallest absolute Gasteiger partial charge is 0.345 e. The quantitative estimate of drug-likeness (QED) is 0.329. The molecule has 0 unspecified atom stereocenters.